The van der Waals surface area contributed by atoms with E-state index in [1.165, 1.54) is 24.3 Å². The number of carbonyl (C=O) groups is 2. The Morgan fingerprint density at radius 3 is 2.29 bits per heavy atom. The Labute approximate surface area is 189 Å². The molecule has 0 spiro atoms. The molecule has 2 aromatic carbocycles. The molecule has 0 saturated heterocycles. The SMILES string of the molecule is O=C(Cc1ccc(Cl)cc1)NNC(=O)c1ccc(S(=O)(=O)NCCc2cccs2)cc1. The second-order valence-electron chi connectivity index (χ2n) is 6.56. The number of amides is 2. The van der Waals surface area contributed by atoms with Gasteiger partial charge in [-0.25, -0.2) is 13.1 Å². The van der Waals surface area contributed by atoms with Crippen molar-refractivity contribution < 1.29 is 18.0 Å². The molecule has 0 aliphatic rings. The van der Waals surface area contributed by atoms with Gasteiger partial charge in [0.1, 0.15) is 0 Å². The Bertz CT molecular complexity index is 1130. The van der Waals surface area contributed by atoms with Crippen LogP contribution in [0.25, 0.3) is 0 Å². The number of halogens is 1. The Balaban J connectivity index is 1.49. The van der Waals surface area contributed by atoms with Crippen LogP contribution in [0.5, 0.6) is 0 Å². The highest BCUT2D eigenvalue weighted by Crippen LogP contribution is 2.12. The van der Waals surface area contributed by atoms with Crippen LogP contribution in [-0.4, -0.2) is 26.8 Å². The van der Waals surface area contributed by atoms with Crippen molar-refractivity contribution in [2.45, 2.75) is 17.7 Å². The Hall–Kier alpha value is -2.72. The largest absolute Gasteiger partial charge is 0.273 e. The lowest BCUT2D eigenvalue weighted by Gasteiger charge is -2.09. The fourth-order valence-electron chi connectivity index (χ4n) is 2.66. The third-order valence-corrected chi connectivity index (χ3v) is 6.93. The number of hydrazine groups is 1. The maximum Gasteiger partial charge on any atom is 0.269 e. The van der Waals surface area contributed by atoms with Crippen molar-refractivity contribution in [3.63, 3.8) is 0 Å². The summed E-state index contributed by atoms with van der Waals surface area (Å²) in [6.45, 7) is 0.282. The van der Waals surface area contributed by atoms with Gasteiger partial charge >= 0.3 is 0 Å². The molecular formula is C21H20ClN3O4S2. The molecule has 31 heavy (non-hydrogen) atoms. The van der Waals surface area contributed by atoms with Crippen molar-refractivity contribution in [1.82, 2.24) is 15.6 Å². The molecule has 1 aromatic heterocycles. The van der Waals surface area contributed by atoms with Crippen LogP contribution in [-0.2, 0) is 27.7 Å². The highest BCUT2D eigenvalue weighted by atomic mass is 35.5. The van der Waals surface area contributed by atoms with Crippen molar-refractivity contribution >= 4 is 44.8 Å². The molecule has 10 heteroatoms. The van der Waals surface area contributed by atoms with Crippen LogP contribution < -0.4 is 15.6 Å². The van der Waals surface area contributed by atoms with E-state index in [1.807, 2.05) is 17.5 Å². The van der Waals surface area contributed by atoms with Crippen molar-refractivity contribution in [2.24, 2.45) is 0 Å². The van der Waals surface area contributed by atoms with Crippen molar-refractivity contribution in [1.29, 1.82) is 0 Å². The summed E-state index contributed by atoms with van der Waals surface area (Å²) in [5.74, 6) is -0.955. The molecule has 3 aromatic rings. The summed E-state index contributed by atoms with van der Waals surface area (Å²) in [6, 6.07) is 16.1. The molecule has 0 aliphatic carbocycles. The van der Waals surface area contributed by atoms with Gasteiger partial charge in [-0.05, 0) is 59.8 Å². The predicted molar refractivity (Wildman–Crippen MR) is 120 cm³/mol. The van der Waals surface area contributed by atoms with Gasteiger partial charge in [0.25, 0.3) is 5.91 Å². The van der Waals surface area contributed by atoms with Crippen LogP contribution in [0.3, 0.4) is 0 Å². The minimum Gasteiger partial charge on any atom is -0.273 e. The quantitative estimate of drug-likeness (QED) is 0.434. The molecule has 7 nitrogen and oxygen atoms in total. The van der Waals surface area contributed by atoms with Crippen LogP contribution in [0, 0.1) is 0 Å². The highest BCUT2D eigenvalue weighted by molar-refractivity contribution is 7.89. The van der Waals surface area contributed by atoms with Crippen molar-refractivity contribution in [2.75, 3.05) is 6.54 Å². The normalized spacial score (nSPS) is 11.1. The summed E-state index contributed by atoms with van der Waals surface area (Å²) in [5.41, 5.74) is 5.60. The molecule has 0 unspecified atom stereocenters. The maximum absolute atomic E-state index is 12.4. The van der Waals surface area contributed by atoms with Gasteiger partial charge in [0.05, 0.1) is 11.3 Å². The molecule has 2 amide bonds. The first-order chi connectivity index (χ1) is 14.8. The minimum atomic E-state index is -3.68. The zero-order valence-electron chi connectivity index (χ0n) is 16.3. The number of rotatable bonds is 8. The summed E-state index contributed by atoms with van der Waals surface area (Å²) < 4.78 is 27.3. The number of benzene rings is 2. The van der Waals surface area contributed by atoms with Gasteiger partial charge < -0.3 is 0 Å². The topological polar surface area (TPSA) is 104 Å². The van der Waals surface area contributed by atoms with Crippen LogP contribution in [0.4, 0.5) is 0 Å². The molecule has 162 valence electrons. The van der Waals surface area contributed by atoms with Crippen LogP contribution in [0.15, 0.2) is 70.9 Å². The zero-order valence-corrected chi connectivity index (χ0v) is 18.7. The molecular weight excluding hydrogens is 458 g/mol. The fourth-order valence-corrected chi connectivity index (χ4v) is 4.53. The first kappa shape index (κ1) is 23.0. The number of hydrogen-bond acceptors (Lipinski definition) is 5. The Morgan fingerprint density at radius 2 is 1.65 bits per heavy atom. The van der Waals surface area contributed by atoms with Crippen LogP contribution >= 0.6 is 22.9 Å². The van der Waals surface area contributed by atoms with Gasteiger partial charge in [-0.1, -0.05) is 29.8 Å². The van der Waals surface area contributed by atoms with E-state index in [1.54, 1.807) is 35.6 Å². The van der Waals surface area contributed by atoms with Crippen molar-refractivity contribution in [3.8, 4) is 0 Å². The Morgan fingerprint density at radius 1 is 0.935 bits per heavy atom. The number of nitrogens with one attached hydrogen (secondary N) is 3. The van der Waals surface area contributed by atoms with Crippen LogP contribution in [0.2, 0.25) is 5.02 Å². The van der Waals surface area contributed by atoms with E-state index < -0.39 is 21.8 Å². The highest BCUT2D eigenvalue weighted by Gasteiger charge is 2.15. The lowest BCUT2D eigenvalue weighted by atomic mass is 10.1. The first-order valence-electron chi connectivity index (χ1n) is 9.29. The first-order valence-corrected chi connectivity index (χ1v) is 12.0. The molecule has 3 rings (SSSR count). The van der Waals surface area contributed by atoms with Gasteiger partial charge in [-0.2, -0.15) is 0 Å². The van der Waals surface area contributed by atoms with Gasteiger partial charge in [0, 0.05) is 22.0 Å². The maximum atomic E-state index is 12.4. The molecule has 0 fully saturated rings. The monoisotopic (exact) mass is 477 g/mol. The summed E-state index contributed by atoms with van der Waals surface area (Å²) in [7, 11) is -3.68. The van der Waals surface area contributed by atoms with Gasteiger partial charge in [-0.3, -0.25) is 20.4 Å². The predicted octanol–water partition coefficient (Wildman–Crippen LogP) is 2.93. The standard InChI is InChI=1S/C21H20ClN3O4S2/c22-17-7-3-15(4-8-17)14-20(26)24-25-21(27)16-5-9-19(10-6-16)31(28,29)23-12-11-18-2-1-13-30-18/h1-10,13,23H,11-12,14H2,(H,24,26)(H,25,27). The van der Waals surface area contributed by atoms with Gasteiger partial charge in [-0.15, -0.1) is 11.3 Å². The fraction of sp³-hybridized carbons (Fsp3) is 0.143. The van der Waals surface area contributed by atoms with E-state index in [0.29, 0.717) is 11.4 Å². The van der Waals surface area contributed by atoms with Gasteiger partial charge in [0.2, 0.25) is 15.9 Å². The van der Waals surface area contributed by atoms with Crippen LogP contribution in [0.1, 0.15) is 20.8 Å². The third kappa shape index (κ3) is 6.90. The smallest absolute Gasteiger partial charge is 0.269 e. The summed E-state index contributed by atoms with van der Waals surface area (Å²) in [5, 5.41) is 2.51. The lowest BCUT2D eigenvalue weighted by Crippen LogP contribution is -2.42. The Kier molecular flexibility index (Phi) is 7.80. The molecule has 0 radical (unpaired) electrons. The van der Waals surface area contributed by atoms with E-state index >= 15 is 0 Å². The average molecular weight is 478 g/mol. The average Bonchev–Trinajstić information content (AvgIpc) is 3.27. The number of thiophene rings is 1. The van der Waals surface area contributed by atoms with E-state index in [0.717, 1.165) is 10.4 Å². The molecule has 0 saturated carbocycles. The van der Waals surface area contributed by atoms with E-state index in [9.17, 15) is 18.0 Å². The van der Waals surface area contributed by atoms with Gasteiger partial charge in [0.15, 0.2) is 0 Å². The molecule has 0 aliphatic heterocycles. The summed E-state index contributed by atoms with van der Waals surface area (Å²) >= 11 is 7.37. The number of sulfonamides is 1. The summed E-state index contributed by atoms with van der Waals surface area (Å²) in [6.07, 6.45) is 0.679. The third-order valence-electron chi connectivity index (χ3n) is 4.26. The molecule has 0 atom stereocenters. The second kappa shape index (κ2) is 10.5. The second-order valence-corrected chi connectivity index (χ2v) is 9.79. The van der Waals surface area contributed by atoms with E-state index in [4.69, 9.17) is 11.6 Å². The summed E-state index contributed by atoms with van der Waals surface area (Å²) in [4.78, 5) is 25.3. The molecule has 0 bridgehead atoms. The molecule has 1 heterocycles. The minimum absolute atomic E-state index is 0.0574. The lowest BCUT2D eigenvalue weighted by molar-refractivity contribution is -0.121. The zero-order chi connectivity index (χ0) is 22.3. The molecule has 3 N–H and O–H groups in total. The van der Waals surface area contributed by atoms with E-state index in [-0.39, 0.29) is 23.4 Å². The number of carbonyl (C=O) groups excluding carboxylic acids is 2. The van der Waals surface area contributed by atoms with Crippen molar-refractivity contribution in [3.05, 3.63) is 87.1 Å². The number of hydrogen-bond donors (Lipinski definition) is 3. The van der Waals surface area contributed by atoms with E-state index in [2.05, 4.69) is 15.6 Å².